The number of nitrogens with zero attached hydrogens (tertiary/aromatic N) is 1. The third-order valence-corrected chi connectivity index (χ3v) is 5.12. The lowest BCUT2D eigenvalue weighted by Crippen LogP contribution is -2.29. The normalized spacial score (nSPS) is 13.3. The van der Waals surface area contributed by atoms with E-state index in [-0.39, 0.29) is 17.8 Å². The van der Waals surface area contributed by atoms with Crippen molar-refractivity contribution in [3.8, 4) is 5.75 Å². The van der Waals surface area contributed by atoms with Gasteiger partial charge in [0.2, 0.25) is 11.2 Å². The maximum atomic E-state index is 12.4. The molecule has 0 atom stereocenters. The van der Waals surface area contributed by atoms with Crippen LogP contribution in [0.3, 0.4) is 0 Å². The molecule has 0 radical (unpaired) electrons. The molecule has 0 amide bonds. The molecule has 27 heavy (non-hydrogen) atoms. The summed E-state index contributed by atoms with van der Waals surface area (Å²) >= 11 is 6.12. The van der Waals surface area contributed by atoms with E-state index in [1.54, 1.807) is 6.07 Å². The Bertz CT molecular complexity index is 999. The van der Waals surface area contributed by atoms with Gasteiger partial charge in [-0.1, -0.05) is 48.0 Å². The minimum atomic E-state index is -0.186. The van der Waals surface area contributed by atoms with E-state index < -0.39 is 0 Å². The molecule has 0 saturated carbocycles. The van der Waals surface area contributed by atoms with Crippen LogP contribution >= 0.6 is 11.6 Å². The maximum Gasteiger partial charge on any atom is 0.227 e. The summed E-state index contributed by atoms with van der Waals surface area (Å²) in [4.78, 5) is 14.6. The molecule has 1 aliphatic rings. The highest BCUT2D eigenvalue weighted by Crippen LogP contribution is 2.28. The molecule has 2 aromatic carbocycles. The molecule has 1 aliphatic heterocycles. The van der Waals surface area contributed by atoms with Gasteiger partial charge >= 0.3 is 0 Å². The van der Waals surface area contributed by atoms with Crippen LogP contribution in [0.1, 0.15) is 23.3 Å². The summed E-state index contributed by atoms with van der Waals surface area (Å²) in [5, 5.41) is 0.613. The number of anilines is 1. The highest BCUT2D eigenvalue weighted by atomic mass is 35.5. The Morgan fingerprint density at radius 3 is 2.78 bits per heavy atom. The molecular formula is C22H20ClNO3. The summed E-state index contributed by atoms with van der Waals surface area (Å²) in [6, 6.07) is 17.3. The Morgan fingerprint density at radius 1 is 1.11 bits per heavy atom. The van der Waals surface area contributed by atoms with Crippen molar-refractivity contribution in [3.05, 3.63) is 93.0 Å². The van der Waals surface area contributed by atoms with Gasteiger partial charge in [0.05, 0.1) is 6.54 Å². The summed E-state index contributed by atoms with van der Waals surface area (Å²) < 4.78 is 11.3. The van der Waals surface area contributed by atoms with Crippen LogP contribution in [0, 0.1) is 0 Å². The standard InChI is InChI=1S/C22H20ClNO3/c23-19-9-3-1-7-17(19)14-27-22-15-26-18(12-21(22)25)13-24-11-5-8-16-6-2-4-10-20(16)24/h1-4,6-7,9-10,12,15H,5,8,11,13-14H2. The van der Waals surface area contributed by atoms with E-state index in [1.807, 2.05) is 24.3 Å². The minimum absolute atomic E-state index is 0.186. The van der Waals surface area contributed by atoms with Crippen molar-refractivity contribution < 1.29 is 9.15 Å². The van der Waals surface area contributed by atoms with E-state index in [1.165, 1.54) is 23.6 Å². The number of aryl methyl sites for hydroxylation is 1. The summed E-state index contributed by atoms with van der Waals surface area (Å²) in [5.41, 5.74) is 3.19. The number of halogens is 1. The van der Waals surface area contributed by atoms with Crippen molar-refractivity contribution in [2.75, 3.05) is 11.4 Å². The van der Waals surface area contributed by atoms with Crippen LogP contribution in [0.25, 0.3) is 0 Å². The van der Waals surface area contributed by atoms with Gasteiger partial charge in [-0.2, -0.15) is 0 Å². The van der Waals surface area contributed by atoms with Gasteiger partial charge < -0.3 is 14.1 Å². The van der Waals surface area contributed by atoms with Gasteiger partial charge in [0.25, 0.3) is 0 Å². The molecule has 0 N–H and O–H groups in total. The first-order chi connectivity index (χ1) is 13.2. The zero-order chi connectivity index (χ0) is 18.6. The Morgan fingerprint density at radius 2 is 1.93 bits per heavy atom. The molecule has 4 rings (SSSR count). The molecule has 0 spiro atoms. The molecule has 0 aliphatic carbocycles. The van der Waals surface area contributed by atoms with Gasteiger partial charge in [-0.05, 0) is 30.5 Å². The fraction of sp³-hybridized carbons (Fsp3) is 0.227. The average Bonchev–Trinajstić information content (AvgIpc) is 2.69. The number of ether oxygens (including phenoxy) is 1. The zero-order valence-electron chi connectivity index (χ0n) is 14.9. The number of benzene rings is 2. The van der Waals surface area contributed by atoms with E-state index in [9.17, 15) is 4.79 Å². The van der Waals surface area contributed by atoms with Crippen LogP contribution in [0.15, 0.2) is 70.1 Å². The van der Waals surface area contributed by atoms with Crippen molar-refractivity contribution in [1.82, 2.24) is 0 Å². The molecule has 0 fully saturated rings. The van der Waals surface area contributed by atoms with Gasteiger partial charge in [0, 0.05) is 28.9 Å². The molecular weight excluding hydrogens is 362 g/mol. The van der Waals surface area contributed by atoms with Crippen LogP contribution in [-0.4, -0.2) is 6.54 Å². The number of para-hydroxylation sites is 1. The van der Waals surface area contributed by atoms with Crippen molar-refractivity contribution in [3.63, 3.8) is 0 Å². The molecule has 1 aromatic heterocycles. The van der Waals surface area contributed by atoms with E-state index in [2.05, 4.69) is 23.1 Å². The monoisotopic (exact) mass is 381 g/mol. The Labute approximate surface area is 163 Å². The number of hydrogen-bond acceptors (Lipinski definition) is 4. The van der Waals surface area contributed by atoms with Crippen LogP contribution in [-0.2, 0) is 19.6 Å². The number of fused-ring (bicyclic) bond motifs is 1. The highest BCUT2D eigenvalue weighted by molar-refractivity contribution is 6.31. The number of hydrogen-bond donors (Lipinski definition) is 0. The third-order valence-electron chi connectivity index (χ3n) is 4.75. The van der Waals surface area contributed by atoms with Gasteiger partial charge in [-0.3, -0.25) is 4.79 Å². The fourth-order valence-electron chi connectivity index (χ4n) is 3.36. The largest absolute Gasteiger partial charge is 0.482 e. The van der Waals surface area contributed by atoms with Crippen molar-refractivity contribution >= 4 is 17.3 Å². The zero-order valence-corrected chi connectivity index (χ0v) is 15.6. The predicted octanol–water partition coefficient (Wildman–Crippen LogP) is 4.83. The first-order valence-electron chi connectivity index (χ1n) is 9.01. The Hall–Kier alpha value is -2.72. The van der Waals surface area contributed by atoms with E-state index in [0.717, 1.165) is 24.9 Å². The highest BCUT2D eigenvalue weighted by Gasteiger charge is 2.17. The van der Waals surface area contributed by atoms with E-state index >= 15 is 0 Å². The van der Waals surface area contributed by atoms with Crippen molar-refractivity contribution in [2.45, 2.75) is 26.0 Å². The fourth-order valence-corrected chi connectivity index (χ4v) is 3.55. The lowest BCUT2D eigenvalue weighted by atomic mass is 10.0. The molecule has 4 nitrogen and oxygen atoms in total. The van der Waals surface area contributed by atoms with E-state index in [0.29, 0.717) is 17.3 Å². The SMILES string of the molecule is O=c1cc(CN2CCCc3ccccc32)occ1OCc1ccccc1Cl. The van der Waals surface area contributed by atoms with Crippen LogP contribution in [0.4, 0.5) is 5.69 Å². The lowest BCUT2D eigenvalue weighted by Gasteiger charge is -2.30. The lowest BCUT2D eigenvalue weighted by molar-refractivity contribution is 0.289. The van der Waals surface area contributed by atoms with Gasteiger partial charge in [-0.15, -0.1) is 0 Å². The second-order valence-electron chi connectivity index (χ2n) is 6.61. The van der Waals surface area contributed by atoms with Gasteiger partial charge in [0.1, 0.15) is 18.6 Å². The summed E-state index contributed by atoms with van der Waals surface area (Å²) in [5.74, 6) is 0.819. The molecule has 5 heteroatoms. The minimum Gasteiger partial charge on any atom is -0.482 e. The predicted molar refractivity (Wildman–Crippen MR) is 107 cm³/mol. The smallest absolute Gasteiger partial charge is 0.227 e. The molecule has 138 valence electrons. The van der Waals surface area contributed by atoms with Gasteiger partial charge in [0.15, 0.2) is 0 Å². The summed E-state index contributed by atoms with van der Waals surface area (Å²) in [6.45, 7) is 1.74. The van der Waals surface area contributed by atoms with Crippen LogP contribution in [0.5, 0.6) is 5.75 Å². The number of rotatable bonds is 5. The second-order valence-corrected chi connectivity index (χ2v) is 7.02. The summed E-state index contributed by atoms with van der Waals surface area (Å²) in [7, 11) is 0. The van der Waals surface area contributed by atoms with Crippen molar-refractivity contribution in [2.24, 2.45) is 0 Å². The molecule has 0 bridgehead atoms. The first kappa shape index (κ1) is 17.7. The van der Waals surface area contributed by atoms with Gasteiger partial charge in [-0.25, -0.2) is 0 Å². The van der Waals surface area contributed by atoms with E-state index in [4.69, 9.17) is 20.8 Å². The van der Waals surface area contributed by atoms with Crippen molar-refractivity contribution in [1.29, 1.82) is 0 Å². The first-order valence-corrected chi connectivity index (χ1v) is 9.39. The molecule has 0 saturated heterocycles. The quantitative estimate of drug-likeness (QED) is 0.635. The Kier molecular flexibility index (Phi) is 5.16. The maximum absolute atomic E-state index is 12.4. The average molecular weight is 382 g/mol. The summed E-state index contributed by atoms with van der Waals surface area (Å²) in [6.07, 6.45) is 3.58. The third kappa shape index (κ3) is 4.01. The molecule has 2 heterocycles. The molecule has 0 unspecified atom stereocenters. The second kappa shape index (κ2) is 7.89. The topological polar surface area (TPSA) is 42.7 Å². The van der Waals surface area contributed by atoms with Crippen LogP contribution in [0.2, 0.25) is 5.02 Å². The molecule has 3 aromatic rings. The Balaban J connectivity index is 1.46. The van der Waals surface area contributed by atoms with Crippen LogP contribution < -0.4 is 15.1 Å².